The molecule has 2 N–H and O–H groups in total. The number of likely N-dealkylation sites (N-methyl/N-ethyl adjacent to an activating group) is 1. The summed E-state index contributed by atoms with van der Waals surface area (Å²) in [7, 11) is 3.69. The summed E-state index contributed by atoms with van der Waals surface area (Å²) in [5.74, 6) is 0.912. The monoisotopic (exact) mass is 256 g/mol. The lowest BCUT2D eigenvalue weighted by molar-refractivity contribution is 0.344. The molecule has 17 heavy (non-hydrogen) atoms. The SMILES string of the molecule is COc1cc(C)c(Cl)c(C)c1CCN(C)CN. The molecule has 0 amide bonds. The number of rotatable bonds is 5. The zero-order chi connectivity index (χ0) is 13.0. The van der Waals surface area contributed by atoms with Gasteiger partial charge in [0.15, 0.2) is 0 Å². The second kappa shape index (κ2) is 6.24. The number of hydrogen-bond acceptors (Lipinski definition) is 3. The van der Waals surface area contributed by atoms with Crippen molar-refractivity contribution >= 4 is 11.6 Å². The first-order valence-electron chi connectivity index (χ1n) is 5.72. The summed E-state index contributed by atoms with van der Waals surface area (Å²) in [5, 5.41) is 0.830. The summed E-state index contributed by atoms with van der Waals surface area (Å²) >= 11 is 6.27. The van der Waals surface area contributed by atoms with Crippen LogP contribution in [-0.4, -0.2) is 32.3 Å². The first-order valence-corrected chi connectivity index (χ1v) is 6.10. The maximum absolute atomic E-state index is 6.27. The summed E-state index contributed by atoms with van der Waals surface area (Å²) in [4.78, 5) is 2.06. The molecule has 0 heterocycles. The van der Waals surface area contributed by atoms with E-state index in [4.69, 9.17) is 22.1 Å². The summed E-state index contributed by atoms with van der Waals surface area (Å²) < 4.78 is 5.42. The highest BCUT2D eigenvalue weighted by Crippen LogP contribution is 2.31. The average molecular weight is 257 g/mol. The number of hydrogen-bond donors (Lipinski definition) is 1. The highest BCUT2D eigenvalue weighted by atomic mass is 35.5. The van der Waals surface area contributed by atoms with Crippen molar-refractivity contribution in [3.8, 4) is 5.75 Å². The second-order valence-electron chi connectivity index (χ2n) is 4.33. The molecule has 0 radical (unpaired) electrons. The van der Waals surface area contributed by atoms with Crippen LogP contribution in [-0.2, 0) is 6.42 Å². The van der Waals surface area contributed by atoms with E-state index < -0.39 is 0 Å². The minimum absolute atomic E-state index is 0.557. The maximum Gasteiger partial charge on any atom is 0.122 e. The largest absolute Gasteiger partial charge is 0.496 e. The van der Waals surface area contributed by atoms with E-state index in [1.807, 2.05) is 27.0 Å². The quantitative estimate of drug-likeness (QED) is 0.822. The van der Waals surface area contributed by atoms with Crippen molar-refractivity contribution in [3.63, 3.8) is 0 Å². The molecule has 0 aliphatic heterocycles. The van der Waals surface area contributed by atoms with Crippen LogP contribution >= 0.6 is 11.6 Å². The van der Waals surface area contributed by atoms with Crippen LogP contribution in [0.2, 0.25) is 5.02 Å². The molecule has 0 atom stereocenters. The molecule has 1 aromatic rings. The van der Waals surface area contributed by atoms with E-state index >= 15 is 0 Å². The highest BCUT2D eigenvalue weighted by Gasteiger charge is 2.12. The topological polar surface area (TPSA) is 38.5 Å². The normalized spacial score (nSPS) is 11.0. The van der Waals surface area contributed by atoms with Gasteiger partial charge in [0.25, 0.3) is 0 Å². The number of halogens is 1. The Bertz CT molecular complexity index is 393. The molecule has 3 nitrogen and oxygen atoms in total. The summed E-state index contributed by atoms with van der Waals surface area (Å²) in [6.07, 6.45) is 0.892. The number of nitrogens with two attached hydrogens (primary N) is 1. The number of methoxy groups -OCH3 is 1. The van der Waals surface area contributed by atoms with Crippen molar-refractivity contribution in [1.82, 2.24) is 4.90 Å². The van der Waals surface area contributed by atoms with Gasteiger partial charge >= 0.3 is 0 Å². The predicted molar refractivity (Wildman–Crippen MR) is 72.9 cm³/mol. The van der Waals surface area contributed by atoms with Crippen molar-refractivity contribution in [2.75, 3.05) is 27.4 Å². The number of ether oxygens (including phenoxy) is 1. The molecule has 0 fully saturated rings. The highest BCUT2D eigenvalue weighted by molar-refractivity contribution is 6.32. The maximum atomic E-state index is 6.27. The van der Waals surface area contributed by atoms with Gasteiger partial charge in [-0.05, 0) is 50.1 Å². The van der Waals surface area contributed by atoms with Gasteiger partial charge < -0.3 is 10.5 Å². The van der Waals surface area contributed by atoms with E-state index in [0.29, 0.717) is 6.67 Å². The van der Waals surface area contributed by atoms with Gasteiger partial charge in [-0.25, -0.2) is 0 Å². The lowest BCUT2D eigenvalue weighted by Crippen LogP contribution is -2.27. The van der Waals surface area contributed by atoms with Crippen LogP contribution in [0.25, 0.3) is 0 Å². The van der Waals surface area contributed by atoms with Crippen LogP contribution < -0.4 is 10.5 Å². The minimum atomic E-state index is 0.557. The van der Waals surface area contributed by atoms with Crippen LogP contribution in [0.5, 0.6) is 5.75 Å². The van der Waals surface area contributed by atoms with Crippen molar-refractivity contribution in [3.05, 3.63) is 27.8 Å². The predicted octanol–water partition coefficient (Wildman–Crippen LogP) is 2.36. The van der Waals surface area contributed by atoms with Crippen LogP contribution in [0, 0.1) is 13.8 Å². The van der Waals surface area contributed by atoms with Gasteiger partial charge in [0, 0.05) is 18.2 Å². The van der Waals surface area contributed by atoms with Crippen molar-refractivity contribution in [1.29, 1.82) is 0 Å². The molecule has 1 aromatic carbocycles. The second-order valence-corrected chi connectivity index (χ2v) is 4.70. The van der Waals surface area contributed by atoms with Gasteiger partial charge in [-0.15, -0.1) is 0 Å². The Hall–Kier alpha value is -0.770. The van der Waals surface area contributed by atoms with Crippen LogP contribution in [0.4, 0.5) is 0 Å². The molecule has 0 unspecified atom stereocenters. The van der Waals surface area contributed by atoms with Crippen molar-refractivity contribution in [2.45, 2.75) is 20.3 Å². The minimum Gasteiger partial charge on any atom is -0.496 e. The fourth-order valence-corrected chi connectivity index (χ4v) is 2.02. The Morgan fingerprint density at radius 3 is 2.59 bits per heavy atom. The first-order chi connectivity index (χ1) is 8.01. The van der Waals surface area contributed by atoms with Gasteiger partial charge in [-0.3, -0.25) is 4.90 Å². The van der Waals surface area contributed by atoms with E-state index in [1.165, 1.54) is 5.56 Å². The third-order valence-electron chi connectivity index (χ3n) is 3.05. The van der Waals surface area contributed by atoms with E-state index in [0.717, 1.165) is 34.9 Å². The van der Waals surface area contributed by atoms with Crippen LogP contribution in [0.3, 0.4) is 0 Å². The van der Waals surface area contributed by atoms with Gasteiger partial charge in [-0.2, -0.15) is 0 Å². The van der Waals surface area contributed by atoms with Gasteiger partial charge in [0.1, 0.15) is 5.75 Å². The molecule has 96 valence electrons. The zero-order valence-electron chi connectivity index (χ0n) is 11.0. The Morgan fingerprint density at radius 1 is 1.41 bits per heavy atom. The van der Waals surface area contributed by atoms with Gasteiger partial charge in [0.2, 0.25) is 0 Å². The summed E-state index contributed by atoms with van der Waals surface area (Å²) in [5.41, 5.74) is 8.90. The first kappa shape index (κ1) is 14.3. The summed E-state index contributed by atoms with van der Waals surface area (Å²) in [6, 6.07) is 1.99. The van der Waals surface area contributed by atoms with Crippen LogP contribution in [0.15, 0.2) is 6.07 Å². The molecule has 0 aliphatic rings. The molecule has 4 heteroatoms. The van der Waals surface area contributed by atoms with Gasteiger partial charge in [-0.1, -0.05) is 11.6 Å². The number of aryl methyl sites for hydroxylation is 1. The van der Waals surface area contributed by atoms with Gasteiger partial charge in [0.05, 0.1) is 7.11 Å². The molecule has 0 spiro atoms. The average Bonchev–Trinajstić information content (AvgIpc) is 2.33. The molecule has 0 bridgehead atoms. The Morgan fingerprint density at radius 2 is 2.06 bits per heavy atom. The van der Waals surface area contributed by atoms with Crippen LogP contribution in [0.1, 0.15) is 16.7 Å². The zero-order valence-corrected chi connectivity index (χ0v) is 11.8. The Balaban J connectivity index is 3.00. The molecule has 0 aromatic heterocycles. The fraction of sp³-hybridized carbons (Fsp3) is 0.538. The Labute approximate surface area is 109 Å². The third kappa shape index (κ3) is 3.35. The molecule has 0 saturated heterocycles. The lowest BCUT2D eigenvalue weighted by atomic mass is 10.0. The molecular weight excluding hydrogens is 236 g/mol. The third-order valence-corrected chi connectivity index (χ3v) is 3.63. The van der Waals surface area contributed by atoms with Crippen molar-refractivity contribution < 1.29 is 4.74 Å². The summed E-state index contributed by atoms with van der Waals surface area (Å²) in [6.45, 7) is 5.48. The lowest BCUT2D eigenvalue weighted by Gasteiger charge is -2.18. The molecular formula is C13H21ClN2O. The number of benzene rings is 1. The van der Waals surface area contributed by atoms with E-state index in [1.54, 1.807) is 7.11 Å². The number of nitrogens with zero attached hydrogens (tertiary/aromatic N) is 1. The molecule has 0 aliphatic carbocycles. The smallest absolute Gasteiger partial charge is 0.122 e. The standard InChI is InChI=1S/C13H21ClN2O/c1-9-7-12(17-4)11(10(2)13(9)14)5-6-16(3)8-15/h7H,5-6,8,15H2,1-4H3. The molecule has 1 rings (SSSR count). The molecule has 0 saturated carbocycles. The van der Waals surface area contributed by atoms with Crippen molar-refractivity contribution in [2.24, 2.45) is 5.73 Å². The van der Waals surface area contributed by atoms with E-state index in [-0.39, 0.29) is 0 Å². The fourth-order valence-electron chi connectivity index (χ4n) is 1.85. The van der Waals surface area contributed by atoms with E-state index in [9.17, 15) is 0 Å². The Kier molecular flexibility index (Phi) is 5.25. The van der Waals surface area contributed by atoms with E-state index in [2.05, 4.69) is 4.90 Å².